The van der Waals surface area contributed by atoms with Gasteiger partial charge in [0, 0.05) is 37.2 Å². The molecule has 34 heavy (non-hydrogen) atoms. The molecule has 7 heteroatoms. The topological polar surface area (TPSA) is 82.1 Å². The predicted octanol–water partition coefficient (Wildman–Crippen LogP) is 3.77. The molecule has 0 bridgehead atoms. The van der Waals surface area contributed by atoms with Gasteiger partial charge in [-0.3, -0.25) is 9.59 Å². The van der Waals surface area contributed by atoms with Crippen LogP contribution in [0.25, 0.3) is 0 Å². The lowest BCUT2D eigenvalue weighted by atomic mass is 9.89. The van der Waals surface area contributed by atoms with Crippen LogP contribution >= 0.6 is 0 Å². The van der Waals surface area contributed by atoms with Gasteiger partial charge in [-0.2, -0.15) is 0 Å². The summed E-state index contributed by atoms with van der Waals surface area (Å²) in [4.78, 5) is 29.9. The SMILES string of the molecule is C[C@@H]1CN([C@H](C)CO)C(=O)c2cc(NC(=O)C3CC3)ccc2O[C@@H]1CN(C)CC1CCCCC1. The molecule has 4 rings (SSSR count). The number of carbonyl (C=O) groups is 2. The average molecular weight is 472 g/mol. The zero-order valence-electron chi connectivity index (χ0n) is 21.0. The van der Waals surface area contributed by atoms with Crippen LogP contribution in [0, 0.1) is 17.8 Å². The van der Waals surface area contributed by atoms with Crippen LogP contribution in [0.4, 0.5) is 5.69 Å². The standard InChI is InChI=1S/C27H41N3O4/c1-18-14-30(19(2)17-31)27(33)23-13-22(28-26(32)21-9-10-21)11-12-24(23)34-25(18)16-29(3)15-20-7-5-4-6-8-20/h11-13,18-21,25,31H,4-10,14-17H2,1-3H3,(H,28,32)/t18-,19-,25-/m1/s1. The fourth-order valence-corrected chi connectivity index (χ4v) is 5.30. The van der Waals surface area contributed by atoms with E-state index in [1.54, 1.807) is 11.0 Å². The Balaban J connectivity index is 1.55. The van der Waals surface area contributed by atoms with E-state index in [-0.39, 0.29) is 42.4 Å². The minimum absolute atomic E-state index is 0.00980. The van der Waals surface area contributed by atoms with Crippen LogP contribution < -0.4 is 10.1 Å². The lowest BCUT2D eigenvalue weighted by Crippen LogP contribution is -2.50. The molecule has 0 unspecified atom stereocenters. The van der Waals surface area contributed by atoms with Crippen LogP contribution in [-0.4, -0.2) is 72.2 Å². The smallest absolute Gasteiger partial charge is 0.258 e. The number of hydrogen-bond donors (Lipinski definition) is 2. The summed E-state index contributed by atoms with van der Waals surface area (Å²) in [5.74, 6) is 1.33. The van der Waals surface area contributed by atoms with Crippen molar-refractivity contribution in [2.45, 2.75) is 70.9 Å². The first-order valence-electron chi connectivity index (χ1n) is 13.1. The molecule has 0 aromatic heterocycles. The first-order chi connectivity index (χ1) is 16.4. The number of nitrogens with one attached hydrogen (secondary N) is 1. The van der Waals surface area contributed by atoms with Gasteiger partial charge in [-0.15, -0.1) is 0 Å². The molecule has 1 heterocycles. The predicted molar refractivity (Wildman–Crippen MR) is 133 cm³/mol. The van der Waals surface area contributed by atoms with Crippen molar-refractivity contribution in [3.8, 4) is 5.75 Å². The summed E-state index contributed by atoms with van der Waals surface area (Å²) >= 11 is 0. The Morgan fingerprint density at radius 1 is 1.21 bits per heavy atom. The lowest BCUT2D eigenvalue weighted by Gasteiger charge is -2.38. The number of aliphatic hydroxyl groups is 1. The molecule has 2 N–H and O–H groups in total. The van der Waals surface area contributed by atoms with Crippen LogP contribution in [0.5, 0.6) is 5.75 Å². The number of likely N-dealkylation sites (N-methyl/N-ethyl adjacent to an activating group) is 1. The highest BCUT2D eigenvalue weighted by atomic mass is 16.5. The molecule has 3 aliphatic rings. The van der Waals surface area contributed by atoms with Crippen LogP contribution in [0.3, 0.4) is 0 Å². The molecule has 1 aromatic carbocycles. The number of hydrogen-bond acceptors (Lipinski definition) is 5. The second-order valence-electron chi connectivity index (χ2n) is 10.8. The van der Waals surface area contributed by atoms with E-state index in [1.165, 1.54) is 32.1 Å². The summed E-state index contributed by atoms with van der Waals surface area (Å²) in [6.07, 6.45) is 8.40. The molecule has 2 aliphatic carbocycles. The molecule has 0 radical (unpaired) electrons. The molecule has 0 spiro atoms. The van der Waals surface area contributed by atoms with E-state index in [0.717, 1.165) is 31.8 Å². The third-order valence-electron chi connectivity index (χ3n) is 7.67. The number of anilines is 1. The Morgan fingerprint density at radius 2 is 1.94 bits per heavy atom. The normalized spacial score (nSPS) is 24.7. The van der Waals surface area contributed by atoms with Crippen molar-refractivity contribution in [3.63, 3.8) is 0 Å². The van der Waals surface area contributed by atoms with Gasteiger partial charge >= 0.3 is 0 Å². The van der Waals surface area contributed by atoms with Crippen molar-refractivity contribution in [3.05, 3.63) is 23.8 Å². The maximum absolute atomic E-state index is 13.5. The van der Waals surface area contributed by atoms with Gasteiger partial charge in [0.05, 0.1) is 18.2 Å². The van der Waals surface area contributed by atoms with Gasteiger partial charge in [0.25, 0.3) is 5.91 Å². The maximum atomic E-state index is 13.5. The number of rotatable bonds is 8. The van der Waals surface area contributed by atoms with Gasteiger partial charge in [0.15, 0.2) is 0 Å². The van der Waals surface area contributed by atoms with Crippen molar-refractivity contribution in [1.29, 1.82) is 0 Å². The van der Waals surface area contributed by atoms with Crippen molar-refractivity contribution < 1.29 is 19.4 Å². The highest BCUT2D eigenvalue weighted by molar-refractivity contribution is 6.00. The lowest BCUT2D eigenvalue weighted by molar-refractivity contribution is -0.117. The monoisotopic (exact) mass is 471 g/mol. The third kappa shape index (κ3) is 6.11. The summed E-state index contributed by atoms with van der Waals surface area (Å²) < 4.78 is 6.50. The Hall–Kier alpha value is -2.12. The Labute approximate surface area is 203 Å². The van der Waals surface area contributed by atoms with Crippen molar-refractivity contribution in [1.82, 2.24) is 9.80 Å². The maximum Gasteiger partial charge on any atom is 0.258 e. The zero-order chi connectivity index (χ0) is 24.2. The second-order valence-corrected chi connectivity index (χ2v) is 10.8. The largest absolute Gasteiger partial charge is 0.488 e. The van der Waals surface area contributed by atoms with Gasteiger partial charge in [-0.05, 0) is 63.8 Å². The summed E-state index contributed by atoms with van der Waals surface area (Å²) in [6, 6.07) is 5.06. The molecule has 2 saturated carbocycles. The van der Waals surface area contributed by atoms with E-state index in [1.807, 2.05) is 19.1 Å². The van der Waals surface area contributed by atoms with E-state index >= 15 is 0 Å². The average Bonchev–Trinajstić information content (AvgIpc) is 3.67. The fourth-order valence-electron chi connectivity index (χ4n) is 5.30. The first-order valence-corrected chi connectivity index (χ1v) is 13.1. The second kappa shape index (κ2) is 11.1. The zero-order valence-corrected chi connectivity index (χ0v) is 21.0. The van der Waals surface area contributed by atoms with Gasteiger partial charge in [0.1, 0.15) is 11.9 Å². The number of nitrogens with zero attached hydrogens (tertiary/aromatic N) is 2. The summed E-state index contributed by atoms with van der Waals surface area (Å²) in [7, 11) is 2.17. The molecular weight excluding hydrogens is 430 g/mol. The Morgan fingerprint density at radius 3 is 2.62 bits per heavy atom. The van der Waals surface area contributed by atoms with Gasteiger partial charge in [-0.25, -0.2) is 0 Å². The van der Waals surface area contributed by atoms with E-state index in [2.05, 4.69) is 24.2 Å². The van der Waals surface area contributed by atoms with Crippen molar-refractivity contribution >= 4 is 17.5 Å². The number of aliphatic hydroxyl groups excluding tert-OH is 1. The summed E-state index contributed by atoms with van der Waals surface area (Å²) in [5, 5.41) is 12.8. The van der Waals surface area contributed by atoms with Crippen LogP contribution in [0.15, 0.2) is 18.2 Å². The third-order valence-corrected chi connectivity index (χ3v) is 7.67. The molecule has 3 atom stereocenters. The van der Waals surface area contributed by atoms with E-state index in [4.69, 9.17) is 4.74 Å². The molecule has 0 saturated heterocycles. The van der Waals surface area contributed by atoms with E-state index < -0.39 is 0 Å². The van der Waals surface area contributed by atoms with Gasteiger partial charge in [0.2, 0.25) is 5.91 Å². The van der Waals surface area contributed by atoms with Crippen molar-refractivity contribution in [2.75, 3.05) is 38.6 Å². The molecule has 1 aliphatic heterocycles. The highest BCUT2D eigenvalue weighted by Gasteiger charge is 2.34. The number of benzene rings is 1. The van der Waals surface area contributed by atoms with Gasteiger partial charge < -0.3 is 25.0 Å². The van der Waals surface area contributed by atoms with E-state index in [0.29, 0.717) is 23.5 Å². The number of fused-ring (bicyclic) bond motifs is 1. The van der Waals surface area contributed by atoms with Crippen molar-refractivity contribution in [2.24, 2.45) is 17.8 Å². The highest BCUT2D eigenvalue weighted by Crippen LogP contribution is 2.33. The van der Waals surface area contributed by atoms with Gasteiger partial charge in [-0.1, -0.05) is 26.2 Å². The minimum Gasteiger partial charge on any atom is -0.488 e. The molecule has 1 aromatic rings. The number of carbonyl (C=O) groups excluding carboxylic acids is 2. The quantitative estimate of drug-likeness (QED) is 0.603. The molecule has 2 amide bonds. The Kier molecular flexibility index (Phi) is 8.14. The van der Waals surface area contributed by atoms with Crippen LogP contribution in [0.1, 0.15) is 69.2 Å². The summed E-state index contributed by atoms with van der Waals surface area (Å²) in [5.41, 5.74) is 1.06. The first kappa shape index (κ1) is 25.0. The van der Waals surface area contributed by atoms with Crippen LogP contribution in [0.2, 0.25) is 0 Å². The number of amides is 2. The fraction of sp³-hybridized carbons (Fsp3) is 0.704. The minimum atomic E-state index is -0.300. The molecule has 7 nitrogen and oxygen atoms in total. The molecular formula is C27H41N3O4. The van der Waals surface area contributed by atoms with Crippen LogP contribution in [-0.2, 0) is 4.79 Å². The van der Waals surface area contributed by atoms with E-state index in [9.17, 15) is 14.7 Å². The Bertz CT molecular complexity index is 865. The summed E-state index contributed by atoms with van der Waals surface area (Å²) in [6.45, 7) is 6.27. The molecule has 2 fully saturated rings. The molecule has 188 valence electrons. The number of ether oxygens (including phenoxy) is 1.